The van der Waals surface area contributed by atoms with Crippen LogP contribution in [0.15, 0.2) is 5.11 Å². The van der Waals surface area contributed by atoms with E-state index in [4.69, 9.17) is 10.3 Å². The average molecular weight is 254 g/mol. The summed E-state index contributed by atoms with van der Waals surface area (Å²) in [5.74, 6) is 0.427. The van der Waals surface area contributed by atoms with Gasteiger partial charge in [0.15, 0.2) is 0 Å². The van der Waals surface area contributed by atoms with Gasteiger partial charge in [0.1, 0.15) is 5.54 Å². The molecule has 0 radical (unpaired) electrons. The highest BCUT2D eigenvalue weighted by Crippen LogP contribution is 2.37. The lowest BCUT2D eigenvalue weighted by molar-refractivity contribution is -0.148. The number of carbonyl (C=O) groups is 1. The van der Waals surface area contributed by atoms with Crippen molar-refractivity contribution >= 4 is 5.97 Å². The van der Waals surface area contributed by atoms with E-state index >= 15 is 0 Å². The fourth-order valence-corrected chi connectivity index (χ4v) is 2.63. The predicted octanol–water partition coefficient (Wildman–Crippen LogP) is 2.40. The number of nitrogens with zero attached hydrogens (tertiary/aromatic N) is 3. The van der Waals surface area contributed by atoms with Gasteiger partial charge in [-0.1, -0.05) is 18.5 Å². The number of carbonyl (C=O) groups excluding carboxylic acids is 1. The summed E-state index contributed by atoms with van der Waals surface area (Å²) in [4.78, 5) is 14.7. The van der Waals surface area contributed by atoms with E-state index in [-0.39, 0.29) is 5.97 Å². The molecule has 1 aliphatic rings. The van der Waals surface area contributed by atoms with E-state index < -0.39 is 5.54 Å². The molecule has 0 aromatic heterocycles. The molecule has 102 valence electrons. The van der Waals surface area contributed by atoms with Crippen molar-refractivity contribution in [2.75, 3.05) is 20.2 Å². The van der Waals surface area contributed by atoms with Crippen LogP contribution < -0.4 is 5.32 Å². The van der Waals surface area contributed by atoms with Crippen LogP contribution in [0.3, 0.4) is 0 Å². The van der Waals surface area contributed by atoms with Gasteiger partial charge < -0.3 is 10.1 Å². The number of esters is 1. The maximum atomic E-state index is 12.0. The standard InChI is InChI=1S/C12H22N4O2/c1-3-10-5-6-12(9-10,11(17)18-2)14-7-4-8-15-16-13/h10,14H,3-9H2,1-2H3. The minimum atomic E-state index is -0.522. The summed E-state index contributed by atoms with van der Waals surface area (Å²) >= 11 is 0. The van der Waals surface area contributed by atoms with Crippen molar-refractivity contribution in [3.8, 4) is 0 Å². The molecule has 6 nitrogen and oxygen atoms in total. The van der Waals surface area contributed by atoms with Gasteiger partial charge in [0.25, 0.3) is 0 Å². The maximum absolute atomic E-state index is 12.0. The normalized spacial score (nSPS) is 26.7. The maximum Gasteiger partial charge on any atom is 0.326 e. The average Bonchev–Trinajstić information content (AvgIpc) is 2.82. The molecule has 0 aromatic carbocycles. The lowest BCUT2D eigenvalue weighted by Crippen LogP contribution is -2.51. The minimum absolute atomic E-state index is 0.165. The van der Waals surface area contributed by atoms with Gasteiger partial charge in [-0.15, -0.1) is 0 Å². The Kier molecular flexibility index (Phi) is 5.95. The highest BCUT2D eigenvalue weighted by molar-refractivity contribution is 5.81. The second kappa shape index (κ2) is 7.24. The van der Waals surface area contributed by atoms with Crippen LogP contribution in [0.1, 0.15) is 39.0 Å². The summed E-state index contributed by atoms with van der Waals surface area (Å²) in [5.41, 5.74) is 7.66. The van der Waals surface area contributed by atoms with Gasteiger partial charge in [-0.3, -0.25) is 4.79 Å². The molecular formula is C12H22N4O2. The Labute approximate surface area is 108 Å². The van der Waals surface area contributed by atoms with Crippen molar-refractivity contribution < 1.29 is 9.53 Å². The van der Waals surface area contributed by atoms with E-state index in [2.05, 4.69) is 22.3 Å². The van der Waals surface area contributed by atoms with Crippen LogP contribution in [0.5, 0.6) is 0 Å². The van der Waals surface area contributed by atoms with Crippen LogP contribution >= 0.6 is 0 Å². The monoisotopic (exact) mass is 254 g/mol. The Hall–Kier alpha value is -1.26. The Bertz CT molecular complexity index is 328. The topological polar surface area (TPSA) is 87.1 Å². The van der Waals surface area contributed by atoms with E-state index in [1.807, 2.05) is 0 Å². The Balaban J connectivity index is 2.52. The Morgan fingerprint density at radius 3 is 3.00 bits per heavy atom. The summed E-state index contributed by atoms with van der Waals surface area (Å²) in [5, 5.41) is 6.79. The number of methoxy groups -OCH3 is 1. The van der Waals surface area contributed by atoms with Crippen LogP contribution in [0.2, 0.25) is 0 Å². The van der Waals surface area contributed by atoms with E-state index in [1.54, 1.807) is 0 Å². The second-order valence-corrected chi connectivity index (χ2v) is 4.83. The number of azide groups is 1. The molecule has 1 fully saturated rings. The Morgan fingerprint density at radius 2 is 2.44 bits per heavy atom. The first kappa shape index (κ1) is 14.8. The van der Waals surface area contributed by atoms with Gasteiger partial charge in [-0.05, 0) is 43.7 Å². The van der Waals surface area contributed by atoms with Gasteiger partial charge >= 0.3 is 5.97 Å². The zero-order valence-corrected chi connectivity index (χ0v) is 11.2. The SMILES string of the molecule is CCC1CCC(NCCCN=[N+]=[N-])(C(=O)OC)C1. The van der Waals surface area contributed by atoms with Gasteiger partial charge in [0, 0.05) is 11.5 Å². The number of ether oxygens (including phenoxy) is 1. The summed E-state index contributed by atoms with van der Waals surface area (Å²) in [7, 11) is 1.44. The van der Waals surface area contributed by atoms with E-state index in [0.717, 1.165) is 32.1 Å². The third-order valence-corrected chi connectivity index (χ3v) is 3.73. The number of nitrogens with one attached hydrogen (secondary N) is 1. The van der Waals surface area contributed by atoms with E-state index in [0.29, 0.717) is 19.0 Å². The minimum Gasteiger partial charge on any atom is -0.468 e. The van der Waals surface area contributed by atoms with Crippen molar-refractivity contribution in [2.24, 2.45) is 11.0 Å². The second-order valence-electron chi connectivity index (χ2n) is 4.83. The number of rotatable bonds is 7. The molecule has 6 heteroatoms. The van der Waals surface area contributed by atoms with Gasteiger partial charge in [0.2, 0.25) is 0 Å². The summed E-state index contributed by atoms with van der Waals surface area (Å²) in [6.45, 7) is 3.28. The van der Waals surface area contributed by atoms with E-state index in [9.17, 15) is 4.79 Å². The zero-order valence-electron chi connectivity index (χ0n) is 11.2. The molecular weight excluding hydrogens is 232 g/mol. The van der Waals surface area contributed by atoms with Gasteiger partial charge in [-0.2, -0.15) is 0 Å². The molecule has 2 atom stereocenters. The summed E-state index contributed by atoms with van der Waals surface area (Å²) in [6, 6.07) is 0. The van der Waals surface area contributed by atoms with Crippen molar-refractivity contribution in [2.45, 2.75) is 44.6 Å². The molecule has 0 spiro atoms. The third kappa shape index (κ3) is 3.62. The van der Waals surface area contributed by atoms with Crippen LogP contribution in [0, 0.1) is 5.92 Å². The molecule has 18 heavy (non-hydrogen) atoms. The smallest absolute Gasteiger partial charge is 0.326 e. The molecule has 0 aromatic rings. The van der Waals surface area contributed by atoms with Crippen molar-refractivity contribution in [1.82, 2.24) is 5.32 Å². The van der Waals surface area contributed by atoms with E-state index in [1.165, 1.54) is 7.11 Å². The fourth-order valence-electron chi connectivity index (χ4n) is 2.63. The Morgan fingerprint density at radius 1 is 1.67 bits per heavy atom. The molecule has 0 heterocycles. The van der Waals surface area contributed by atoms with Crippen molar-refractivity contribution in [3.63, 3.8) is 0 Å². The van der Waals surface area contributed by atoms with Gasteiger partial charge in [0.05, 0.1) is 7.11 Å². The highest BCUT2D eigenvalue weighted by atomic mass is 16.5. The number of hydrogen-bond donors (Lipinski definition) is 1. The molecule has 0 bridgehead atoms. The molecule has 1 saturated carbocycles. The first-order valence-electron chi connectivity index (χ1n) is 6.53. The molecule has 1 rings (SSSR count). The van der Waals surface area contributed by atoms with Crippen molar-refractivity contribution in [3.05, 3.63) is 10.4 Å². The molecule has 0 amide bonds. The summed E-state index contributed by atoms with van der Waals surface area (Å²) in [6.07, 6.45) is 4.57. The fraction of sp³-hybridized carbons (Fsp3) is 0.917. The van der Waals surface area contributed by atoms with Crippen LogP contribution in [0.4, 0.5) is 0 Å². The predicted molar refractivity (Wildman–Crippen MR) is 69.0 cm³/mol. The highest BCUT2D eigenvalue weighted by Gasteiger charge is 2.45. The quantitative estimate of drug-likeness (QED) is 0.249. The molecule has 2 unspecified atom stereocenters. The summed E-state index contributed by atoms with van der Waals surface area (Å²) < 4.78 is 4.93. The van der Waals surface area contributed by atoms with Crippen LogP contribution in [-0.4, -0.2) is 31.7 Å². The lowest BCUT2D eigenvalue weighted by Gasteiger charge is -2.27. The first-order valence-corrected chi connectivity index (χ1v) is 6.53. The largest absolute Gasteiger partial charge is 0.468 e. The molecule has 1 aliphatic carbocycles. The van der Waals surface area contributed by atoms with Crippen LogP contribution in [0.25, 0.3) is 10.4 Å². The van der Waals surface area contributed by atoms with Crippen molar-refractivity contribution in [1.29, 1.82) is 0 Å². The first-order chi connectivity index (χ1) is 8.68. The lowest BCUT2D eigenvalue weighted by atomic mass is 9.95. The number of hydrogen-bond acceptors (Lipinski definition) is 4. The third-order valence-electron chi connectivity index (χ3n) is 3.73. The van der Waals surface area contributed by atoms with Gasteiger partial charge in [-0.25, -0.2) is 0 Å². The van der Waals surface area contributed by atoms with Crippen LogP contribution in [-0.2, 0) is 9.53 Å². The molecule has 0 saturated heterocycles. The molecule has 1 N–H and O–H groups in total. The zero-order chi connectivity index (χ0) is 13.4. The molecule has 0 aliphatic heterocycles.